The summed E-state index contributed by atoms with van der Waals surface area (Å²) in [7, 11) is 1.69. The molecule has 0 heterocycles. The largest absolute Gasteiger partial charge is 0.324 e. The molecule has 0 saturated heterocycles. The van der Waals surface area contributed by atoms with Crippen molar-refractivity contribution in [2.45, 2.75) is 31.7 Å². The van der Waals surface area contributed by atoms with Gasteiger partial charge in [0.25, 0.3) is 0 Å². The van der Waals surface area contributed by atoms with Gasteiger partial charge in [-0.2, -0.15) is 11.8 Å². The quantitative estimate of drug-likeness (QED) is 0.774. The zero-order chi connectivity index (χ0) is 12.7. The van der Waals surface area contributed by atoms with E-state index in [2.05, 4.69) is 5.32 Å². The van der Waals surface area contributed by atoms with Crippen LogP contribution in [0.15, 0.2) is 0 Å². The second kappa shape index (κ2) is 7.79. The molecule has 0 rings (SSSR count). The van der Waals surface area contributed by atoms with Crippen LogP contribution in [0.5, 0.6) is 0 Å². The molecule has 0 saturated carbocycles. The summed E-state index contributed by atoms with van der Waals surface area (Å²) in [6.07, 6.45) is 2.84. The molecule has 0 aliphatic heterocycles. The fourth-order valence-corrected chi connectivity index (χ4v) is 2.05. The van der Waals surface area contributed by atoms with E-state index in [1.807, 2.05) is 13.2 Å². The highest BCUT2D eigenvalue weighted by molar-refractivity contribution is 7.98. The summed E-state index contributed by atoms with van der Waals surface area (Å²) in [6, 6.07) is -0.258. The maximum atomic E-state index is 11.7. The molecule has 4 nitrogen and oxygen atoms in total. The molecule has 2 atom stereocenters. The van der Waals surface area contributed by atoms with E-state index in [0.717, 1.165) is 12.2 Å². The highest BCUT2D eigenvalue weighted by Crippen LogP contribution is 2.08. The molecule has 0 bridgehead atoms. The number of nitrogens with one attached hydrogen (secondary N) is 1. The topological polar surface area (TPSA) is 49.4 Å². The predicted octanol–water partition coefficient (Wildman–Crippen LogP) is 1.92. The van der Waals surface area contributed by atoms with E-state index in [9.17, 15) is 9.59 Å². The van der Waals surface area contributed by atoms with Gasteiger partial charge in [0, 0.05) is 18.8 Å². The minimum atomic E-state index is -0.696. The highest BCUT2D eigenvalue weighted by atomic mass is 35.5. The normalized spacial score (nSPS) is 14.1. The monoisotopic (exact) mass is 266 g/mol. The Morgan fingerprint density at radius 3 is 2.44 bits per heavy atom. The fraction of sp³-hybridized carbons (Fsp3) is 0.800. The number of carbonyl (C=O) groups is 2. The second-order valence-electron chi connectivity index (χ2n) is 3.54. The molecule has 0 radical (unpaired) electrons. The third-order valence-corrected chi connectivity index (χ3v) is 3.21. The Labute approximate surface area is 106 Å². The number of urea groups is 1. The first kappa shape index (κ1) is 15.6. The van der Waals surface area contributed by atoms with Gasteiger partial charge in [0.2, 0.25) is 5.91 Å². The van der Waals surface area contributed by atoms with Gasteiger partial charge in [-0.1, -0.05) is 6.92 Å². The molecule has 2 unspecified atom stereocenters. The Kier molecular flexibility index (Phi) is 7.58. The van der Waals surface area contributed by atoms with Gasteiger partial charge in [-0.15, -0.1) is 11.6 Å². The lowest BCUT2D eigenvalue weighted by atomic mass is 10.2. The first-order valence-electron chi connectivity index (χ1n) is 5.14. The van der Waals surface area contributed by atoms with Gasteiger partial charge < -0.3 is 4.90 Å². The number of alkyl halides is 1. The van der Waals surface area contributed by atoms with Crippen LogP contribution >= 0.6 is 23.4 Å². The summed E-state index contributed by atoms with van der Waals surface area (Å²) in [5, 5.41) is 1.56. The lowest BCUT2D eigenvalue weighted by Crippen LogP contribution is -2.48. The molecule has 0 aromatic carbocycles. The van der Waals surface area contributed by atoms with Crippen LogP contribution in [0, 0.1) is 0 Å². The van der Waals surface area contributed by atoms with Gasteiger partial charge in [-0.05, 0) is 19.6 Å². The first-order chi connectivity index (χ1) is 7.43. The van der Waals surface area contributed by atoms with Crippen LogP contribution in [0.2, 0.25) is 0 Å². The molecule has 16 heavy (non-hydrogen) atoms. The zero-order valence-electron chi connectivity index (χ0n) is 10.1. The molecule has 0 aromatic heterocycles. The van der Waals surface area contributed by atoms with E-state index >= 15 is 0 Å². The minimum Gasteiger partial charge on any atom is -0.324 e. The molecule has 0 aliphatic rings. The Hall–Kier alpha value is -0.420. The Morgan fingerprint density at radius 1 is 1.50 bits per heavy atom. The van der Waals surface area contributed by atoms with Crippen molar-refractivity contribution in [2.75, 3.05) is 19.1 Å². The van der Waals surface area contributed by atoms with Crippen LogP contribution < -0.4 is 5.32 Å². The predicted molar refractivity (Wildman–Crippen MR) is 69.1 cm³/mol. The summed E-state index contributed by atoms with van der Waals surface area (Å²) < 4.78 is 0. The maximum Gasteiger partial charge on any atom is 0.324 e. The number of thioether (sulfide) groups is 1. The summed E-state index contributed by atoms with van der Waals surface area (Å²) >= 11 is 7.24. The van der Waals surface area contributed by atoms with Crippen LogP contribution in [0.25, 0.3) is 0 Å². The average molecular weight is 267 g/mol. The van der Waals surface area contributed by atoms with Crippen molar-refractivity contribution in [1.82, 2.24) is 10.2 Å². The van der Waals surface area contributed by atoms with Crippen LogP contribution in [0.4, 0.5) is 4.79 Å². The molecule has 3 amide bonds. The number of hydrogen-bond donors (Lipinski definition) is 1. The number of carbonyl (C=O) groups excluding carboxylic acids is 2. The standard InChI is InChI=1S/C10H19ClN2O2S/c1-5-8(6-16-4)13(3)10(15)12-9(14)7(2)11/h7-8H,5-6H2,1-4H3,(H,12,14,15). The minimum absolute atomic E-state index is 0.133. The third-order valence-electron chi connectivity index (χ3n) is 2.29. The van der Waals surface area contributed by atoms with Gasteiger partial charge in [-0.25, -0.2) is 4.79 Å². The second-order valence-corrected chi connectivity index (χ2v) is 5.10. The van der Waals surface area contributed by atoms with Gasteiger partial charge in [0.1, 0.15) is 5.38 Å². The Morgan fingerprint density at radius 2 is 2.06 bits per heavy atom. The van der Waals surface area contributed by atoms with Gasteiger partial charge in [-0.3, -0.25) is 10.1 Å². The van der Waals surface area contributed by atoms with E-state index in [1.54, 1.807) is 23.7 Å². The third kappa shape index (κ3) is 5.07. The molecule has 94 valence electrons. The lowest BCUT2D eigenvalue weighted by Gasteiger charge is -2.26. The van der Waals surface area contributed by atoms with Gasteiger partial charge >= 0.3 is 6.03 Å². The molecular formula is C10H19ClN2O2S. The first-order valence-corrected chi connectivity index (χ1v) is 6.97. The zero-order valence-corrected chi connectivity index (χ0v) is 11.7. The van der Waals surface area contributed by atoms with E-state index in [-0.39, 0.29) is 6.04 Å². The SMILES string of the molecule is CCC(CSC)N(C)C(=O)NC(=O)C(C)Cl. The van der Waals surface area contributed by atoms with Crippen molar-refractivity contribution in [3.63, 3.8) is 0 Å². The number of halogens is 1. The summed E-state index contributed by atoms with van der Waals surface area (Å²) in [5.74, 6) is 0.392. The smallest absolute Gasteiger partial charge is 0.324 e. The fourth-order valence-electron chi connectivity index (χ4n) is 1.15. The van der Waals surface area contributed by atoms with E-state index in [4.69, 9.17) is 11.6 Å². The molecule has 0 aromatic rings. The highest BCUT2D eigenvalue weighted by Gasteiger charge is 2.21. The lowest BCUT2D eigenvalue weighted by molar-refractivity contribution is -0.119. The van der Waals surface area contributed by atoms with Crippen molar-refractivity contribution in [3.8, 4) is 0 Å². The Balaban J connectivity index is 4.30. The van der Waals surface area contributed by atoms with E-state index in [1.165, 1.54) is 6.92 Å². The number of nitrogens with zero attached hydrogens (tertiary/aromatic N) is 1. The van der Waals surface area contributed by atoms with Gasteiger partial charge in [0.05, 0.1) is 0 Å². The van der Waals surface area contributed by atoms with Crippen LogP contribution in [0.1, 0.15) is 20.3 Å². The van der Waals surface area contributed by atoms with Crippen molar-refractivity contribution >= 4 is 35.3 Å². The van der Waals surface area contributed by atoms with Crippen molar-refractivity contribution in [3.05, 3.63) is 0 Å². The molecule has 0 aliphatic carbocycles. The maximum absolute atomic E-state index is 11.7. The van der Waals surface area contributed by atoms with Crippen LogP contribution in [-0.4, -0.2) is 47.3 Å². The summed E-state index contributed by atoms with van der Waals surface area (Å²) in [4.78, 5) is 24.4. The average Bonchev–Trinajstić information content (AvgIpc) is 2.24. The van der Waals surface area contributed by atoms with Gasteiger partial charge in [0.15, 0.2) is 0 Å². The number of rotatable bonds is 5. The summed E-state index contributed by atoms with van der Waals surface area (Å²) in [5.41, 5.74) is 0. The van der Waals surface area contributed by atoms with Crippen molar-refractivity contribution in [1.29, 1.82) is 0 Å². The van der Waals surface area contributed by atoms with Crippen LogP contribution in [-0.2, 0) is 4.79 Å². The number of imide groups is 1. The van der Waals surface area contributed by atoms with Crippen molar-refractivity contribution < 1.29 is 9.59 Å². The Bertz CT molecular complexity index is 249. The molecule has 0 fully saturated rings. The molecule has 0 spiro atoms. The van der Waals surface area contributed by atoms with E-state index in [0.29, 0.717) is 0 Å². The van der Waals surface area contributed by atoms with Crippen LogP contribution in [0.3, 0.4) is 0 Å². The summed E-state index contributed by atoms with van der Waals surface area (Å²) in [6.45, 7) is 3.54. The molecule has 1 N–H and O–H groups in total. The molecular weight excluding hydrogens is 248 g/mol. The van der Waals surface area contributed by atoms with E-state index < -0.39 is 17.3 Å². The number of hydrogen-bond acceptors (Lipinski definition) is 3. The van der Waals surface area contributed by atoms with Crippen molar-refractivity contribution in [2.24, 2.45) is 0 Å². The molecule has 6 heteroatoms. The number of amides is 3.